The van der Waals surface area contributed by atoms with E-state index in [-0.39, 0.29) is 10.7 Å². The number of fused-ring (bicyclic) bond motifs is 1. The number of nitrogens with zero attached hydrogens (tertiary/aromatic N) is 1. The van der Waals surface area contributed by atoms with E-state index in [4.69, 9.17) is 0 Å². The number of carbonyl (C=O) groups excluding carboxylic acids is 1. The van der Waals surface area contributed by atoms with E-state index in [1.165, 1.54) is 16.9 Å². The van der Waals surface area contributed by atoms with Crippen LogP contribution < -0.4 is 5.32 Å². The van der Waals surface area contributed by atoms with Crippen molar-refractivity contribution >= 4 is 48.5 Å². The van der Waals surface area contributed by atoms with Crippen LogP contribution in [0.5, 0.6) is 0 Å². The van der Waals surface area contributed by atoms with Gasteiger partial charge in [-0.3, -0.25) is 4.79 Å². The Morgan fingerprint density at radius 3 is 2.86 bits per heavy atom. The Morgan fingerprint density at radius 2 is 2.19 bits per heavy atom. The largest absolute Gasteiger partial charge is 0.301 e. The Morgan fingerprint density at radius 1 is 1.43 bits per heavy atom. The van der Waals surface area contributed by atoms with Crippen LogP contribution in [0.3, 0.4) is 0 Å². The smallest absolute Gasteiger partial charge is 0.239 e. The molecule has 2 rings (SSSR count). The lowest BCUT2D eigenvalue weighted by Gasteiger charge is -2.07. The van der Waals surface area contributed by atoms with E-state index in [2.05, 4.69) is 59.1 Å². The van der Waals surface area contributed by atoms with Crippen molar-refractivity contribution in [1.82, 2.24) is 4.98 Å². The number of thiazole rings is 1. The maximum atomic E-state index is 12.0. The Hall–Kier alpha value is -0.940. The normalized spacial score (nSPS) is 14.1. The fourth-order valence-corrected chi connectivity index (χ4v) is 3.59. The minimum absolute atomic E-state index is 0.0157. The number of nitrogens with one attached hydrogen (secondary N) is 1. The zero-order valence-corrected chi connectivity index (χ0v) is 15.1. The molecule has 21 heavy (non-hydrogen) atoms. The molecule has 1 amide bonds. The maximum Gasteiger partial charge on any atom is 0.239 e. The number of hydrogen-bond acceptors (Lipinski definition) is 3. The van der Waals surface area contributed by atoms with Gasteiger partial charge in [0, 0.05) is 0 Å². The van der Waals surface area contributed by atoms with Gasteiger partial charge in [0.05, 0.1) is 15.0 Å². The van der Waals surface area contributed by atoms with E-state index in [1.807, 2.05) is 6.07 Å². The fraction of sp³-hybridized carbons (Fsp3) is 0.500. The molecule has 2 aromatic rings. The van der Waals surface area contributed by atoms with Gasteiger partial charge in [-0.25, -0.2) is 4.98 Å². The van der Waals surface area contributed by atoms with Crippen molar-refractivity contribution in [3.8, 4) is 0 Å². The van der Waals surface area contributed by atoms with Crippen molar-refractivity contribution in [2.24, 2.45) is 0 Å². The first-order valence-corrected chi connectivity index (χ1v) is 9.13. The van der Waals surface area contributed by atoms with Crippen molar-refractivity contribution in [3.63, 3.8) is 0 Å². The summed E-state index contributed by atoms with van der Waals surface area (Å²) >= 11 is 4.95. The molecule has 1 aromatic heterocycles. The van der Waals surface area contributed by atoms with Crippen LogP contribution in [-0.2, 0) is 4.79 Å². The van der Waals surface area contributed by atoms with Crippen molar-refractivity contribution in [1.29, 1.82) is 0 Å². The summed E-state index contributed by atoms with van der Waals surface area (Å²) in [6.07, 6.45) is 2.92. The first-order valence-electron chi connectivity index (χ1n) is 7.40. The van der Waals surface area contributed by atoms with Crippen molar-refractivity contribution < 1.29 is 4.79 Å². The number of carbonyl (C=O) groups is 1. The summed E-state index contributed by atoms with van der Waals surface area (Å²) in [7, 11) is 0. The quantitative estimate of drug-likeness (QED) is 0.701. The molecule has 5 heteroatoms. The predicted octanol–water partition coefficient (Wildman–Crippen LogP) is 5.31. The average Bonchev–Trinajstić information content (AvgIpc) is 2.87. The van der Waals surface area contributed by atoms with Gasteiger partial charge in [0.15, 0.2) is 5.13 Å². The van der Waals surface area contributed by atoms with Crippen LogP contribution in [0.4, 0.5) is 5.13 Å². The molecule has 0 aliphatic rings. The lowest BCUT2D eigenvalue weighted by Crippen LogP contribution is -2.22. The highest BCUT2D eigenvalue weighted by Crippen LogP contribution is 2.30. The number of hydrogen-bond donors (Lipinski definition) is 1. The summed E-state index contributed by atoms with van der Waals surface area (Å²) in [5, 5.41) is 3.58. The van der Waals surface area contributed by atoms with Crippen LogP contribution in [0.25, 0.3) is 10.2 Å². The van der Waals surface area contributed by atoms with Gasteiger partial charge in [0.25, 0.3) is 0 Å². The Kier molecular flexibility index (Phi) is 5.76. The first-order chi connectivity index (χ1) is 10.0. The molecule has 3 nitrogen and oxygen atoms in total. The summed E-state index contributed by atoms with van der Waals surface area (Å²) in [6, 6.07) is 6.36. The van der Waals surface area contributed by atoms with Gasteiger partial charge >= 0.3 is 0 Å². The van der Waals surface area contributed by atoms with Crippen LogP contribution in [0.15, 0.2) is 18.2 Å². The second kappa shape index (κ2) is 7.36. The third kappa shape index (κ3) is 4.04. The Bertz CT molecular complexity index is 626. The van der Waals surface area contributed by atoms with Gasteiger partial charge in [-0.2, -0.15) is 0 Å². The Labute approximate surface area is 138 Å². The third-order valence-electron chi connectivity index (χ3n) is 3.65. The van der Waals surface area contributed by atoms with E-state index < -0.39 is 0 Å². The molecule has 0 fully saturated rings. The monoisotopic (exact) mass is 368 g/mol. The summed E-state index contributed by atoms with van der Waals surface area (Å²) in [5.74, 6) is 0.532. The predicted molar refractivity (Wildman–Crippen MR) is 94.6 cm³/mol. The highest BCUT2D eigenvalue weighted by molar-refractivity contribution is 9.10. The van der Waals surface area contributed by atoms with Crippen molar-refractivity contribution in [2.75, 3.05) is 5.32 Å². The van der Waals surface area contributed by atoms with Gasteiger partial charge in [-0.15, -0.1) is 0 Å². The number of aromatic nitrogens is 1. The second-order valence-electron chi connectivity index (χ2n) is 5.30. The topological polar surface area (TPSA) is 42.0 Å². The molecule has 0 bridgehead atoms. The van der Waals surface area contributed by atoms with Crippen LogP contribution in [0.2, 0.25) is 0 Å². The van der Waals surface area contributed by atoms with E-state index >= 15 is 0 Å². The molecular weight excluding hydrogens is 348 g/mol. The lowest BCUT2D eigenvalue weighted by molar-refractivity contribution is -0.115. The van der Waals surface area contributed by atoms with Crippen LogP contribution in [-0.4, -0.2) is 15.7 Å². The molecule has 0 unspecified atom stereocenters. The number of benzene rings is 1. The molecule has 114 valence electrons. The second-order valence-corrected chi connectivity index (χ2v) is 7.44. The average molecular weight is 369 g/mol. The van der Waals surface area contributed by atoms with Crippen molar-refractivity contribution in [3.05, 3.63) is 23.8 Å². The maximum absolute atomic E-state index is 12.0. The van der Waals surface area contributed by atoms with Crippen LogP contribution in [0, 0.1) is 0 Å². The molecule has 1 heterocycles. The zero-order chi connectivity index (χ0) is 15.4. The van der Waals surface area contributed by atoms with E-state index in [0.29, 0.717) is 11.0 Å². The number of alkyl halides is 1. The van der Waals surface area contributed by atoms with E-state index in [0.717, 1.165) is 29.5 Å². The minimum atomic E-state index is -0.148. The van der Waals surface area contributed by atoms with Crippen molar-refractivity contribution in [2.45, 2.75) is 50.8 Å². The fourth-order valence-electron chi connectivity index (χ4n) is 2.11. The molecule has 1 N–H and O–H groups in total. The molecule has 1 aromatic carbocycles. The molecule has 0 saturated heterocycles. The third-order valence-corrected chi connectivity index (χ3v) is 5.46. The van der Waals surface area contributed by atoms with Gasteiger partial charge in [0.2, 0.25) is 5.91 Å². The molecular formula is C16H21BrN2OS. The van der Waals surface area contributed by atoms with Crippen LogP contribution >= 0.6 is 27.3 Å². The molecule has 0 aliphatic heterocycles. The highest BCUT2D eigenvalue weighted by atomic mass is 79.9. The lowest BCUT2D eigenvalue weighted by atomic mass is 9.99. The van der Waals surface area contributed by atoms with Crippen LogP contribution in [0.1, 0.15) is 51.5 Å². The molecule has 0 aliphatic carbocycles. The summed E-state index contributed by atoms with van der Waals surface area (Å²) in [5.41, 5.74) is 2.28. The SMILES string of the molecule is CCC[C@H](Br)C(=O)Nc1nc2ccc([C@@H](C)CC)cc2s1. The molecule has 0 spiro atoms. The number of rotatable bonds is 6. The Balaban J connectivity index is 2.17. The highest BCUT2D eigenvalue weighted by Gasteiger charge is 2.16. The van der Waals surface area contributed by atoms with Gasteiger partial charge < -0.3 is 5.32 Å². The molecule has 2 atom stereocenters. The zero-order valence-electron chi connectivity index (χ0n) is 12.6. The number of anilines is 1. The van der Waals surface area contributed by atoms with E-state index in [1.54, 1.807) is 0 Å². The molecule has 0 saturated carbocycles. The minimum Gasteiger partial charge on any atom is -0.301 e. The summed E-state index contributed by atoms with van der Waals surface area (Å²) in [6.45, 7) is 6.48. The summed E-state index contributed by atoms with van der Waals surface area (Å²) in [4.78, 5) is 16.3. The van der Waals surface area contributed by atoms with Gasteiger partial charge in [-0.05, 0) is 36.5 Å². The molecule has 0 radical (unpaired) electrons. The first kappa shape index (κ1) is 16.4. The number of halogens is 1. The summed E-state index contributed by atoms with van der Waals surface area (Å²) < 4.78 is 1.13. The van der Waals surface area contributed by atoms with E-state index in [9.17, 15) is 4.79 Å². The standard InChI is InChI=1S/C16H21BrN2OS/c1-4-6-12(17)15(20)19-16-18-13-8-7-11(10(3)5-2)9-14(13)21-16/h7-10,12H,4-6H2,1-3H3,(H,18,19,20)/t10-,12-/m0/s1. The number of amides is 1. The van der Waals surface area contributed by atoms with Gasteiger partial charge in [0.1, 0.15) is 0 Å². The van der Waals surface area contributed by atoms with Gasteiger partial charge in [-0.1, -0.05) is 60.5 Å².